The first kappa shape index (κ1) is 17.4. The molecule has 1 aromatic heterocycles. The molecule has 3 rings (SSSR count). The van der Waals surface area contributed by atoms with E-state index in [0.29, 0.717) is 0 Å². The van der Waals surface area contributed by atoms with Crippen LogP contribution in [0.25, 0.3) is 0 Å². The van der Waals surface area contributed by atoms with Gasteiger partial charge in [0.25, 0.3) is 0 Å². The van der Waals surface area contributed by atoms with Crippen LogP contribution >= 0.6 is 0 Å². The summed E-state index contributed by atoms with van der Waals surface area (Å²) in [6, 6.07) is 10.6. The molecule has 0 atom stereocenters. The van der Waals surface area contributed by atoms with Crippen molar-refractivity contribution in [2.45, 2.75) is 20.3 Å². The summed E-state index contributed by atoms with van der Waals surface area (Å²) in [5, 5.41) is 3.45. The Morgan fingerprint density at radius 2 is 1.96 bits per heavy atom. The van der Waals surface area contributed by atoms with Gasteiger partial charge in [-0.25, -0.2) is 0 Å². The number of nitrogens with zero attached hydrogens (tertiary/aromatic N) is 3. The molecule has 1 aliphatic rings. The quantitative estimate of drug-likeness (QED) is 0.687. The summed E-state index contributed by atoms with van der Waals surface area (Å²) in [5.74, 6) is 1.98. The van der Waals surface area contributed by atoms with E-state index in [1.54, 1.807) is 6.26 Å². The van der Waals surface area contributed by atoms with Gasteiger partial charge in [0.2, 0.25) is 0 Å². The maximum Gasteiger partial charge on any atom is 0.193 e. The number of aryl methyl sites for hydroxylation is 2. The van der Waals surface area contributed by atoms with Crippen LogP contribution in [-0.4, -0.2) is 50.6 Å². The van der Waals surface area contributed by atoms with Crippen molar-refractivity contribution in [3.63, 3.8) is 0 Å². The summed E-state index contributed by atoms with van der Waals surface area (Å²) in [6.07, 6.45) is 2.59. The van der Waals surface area contributed by atoms with Gasteiger partial charge in [0.05, 0.1) is 6.26 Å². The maximum atomic E-state index is 5.38. The lowest BCUT2D eigenvalue weighted by Gasteiger charge is -2.38. The smallest absolute Gasteiger partial charge is 0.193 e. The molecule has 1 N–H and O–H groups in total. The van der Waals surface area contributed by atoms with Gasteiger partial charge in [-0.1, -0.05) is 12.1 Å². The fourth-order valence-corrected chi connectivity index (χ4v) is 3.30. The van der Waals surface area contributed by atoms with Crippen LogP contribution in [0.4, 0.5) is 5.69 Å². The highest BCUT2D eigenvalue weighted by Crippen LogP contribution is 2.22. The van der Waals surface area contributed by atoms with Crippen molar-refractivity contribution in [3.8, 4) is 0 Å². The molecule has 0 unspecified atom stereocenters. The average molecular weight is 340 g/mol. The zero-order chi connectivity index (χ0) is 17.6. The van der Waals surface area contributed by atoms with Crippen LogP contribution in [0.2, 0.25) is 0 Å². The van der Waals surface area contributed by atoms with E-state index < -0.39 is 0 Å². The lowest BCUT2D eigenvalue weighted by Crippen LogP contribution is -2.53. The van der Waals surface area contributed by atoms with E-state index in [9.17, 15) is 0 Å². The van der Waals surface area contributed by atoms with Gasteiger partial charge < -0.3 is 19.5 Å². The molecule has 0 spiro atoms. The normalized spacial score (nSPS) is 15.6. The minimum absolute atomic E-state index is 0.831. The molecule has 0 bridgehead atoms. The molecule has 2 heterocycles. The highest BCUT2D eigenvalue weighted by atomic mass is 16.3. The second kappa shape index (κ2) is 8.10. The molecule has 2 aromatic rings. The van der Waals surface area contributed by atoms with Crippen molar-refractivity contribution >= 4 is 11.6 Å². The van der Waals surface area contributed by atoms with Crippen LogP contribution < -0.4 is 10.2 Å². The summed E-state index contributed by atoms with van der Waals surface area (Å²) in [5.41, 5.74) is 4.03. The number of furan rings is 1. The van der Waals surface area contributed by atoms with Gasteiger partial charge in [-0.15, -0.1) is 0 Å². The fourth-order valence-electron chi connectivity index (χ4n) is 3.30. The summed E-state index contributed by atoms with van der Waals surface area (Å²) in [4.78, 5) is 9.26. The largest absolute Gasteiger partial charge is 0.469 e. The molecule has 1 aliphatic heterocycles. The molecule has 1 aromatic carbocycles. The van der Waals surface area contributed by atoms with Gasteiger partial charge in [0, 0.05) is 51.9 Å². The van der Waals surface area contributed by atoms with Crippen LogP contribution in [0.15, 0.2) is 46.0 Å². The lowest BCUT2D eigenvalue weighted by atomic mass is 10.1. The first-order valence-electron chi connectivity index (χ1n) is 8.97. The molecule has 25 heavy (non-hydrogen) atoms. The van der Waals surface area contributed by atoms with E-state index in [0.717, 1.165) is 50.9 Å². The second-order valence-electron chi connectivity index (χ2n) is 6.57. The predicted molar refractivity (Wildman–Crippen MR) is 103 cm³/mol. The minimum atomic E-state index is 0.831. The van der Waals surface area contributed by atoms with E-state index in [1.807, 2.05) is 19.2 Å². The standard InChI is InChI=1S/C20H28N4O/c1-16-6-7-17(2)19(15-16)23-10-12-24(13-11-23)20(21-3)22-9-8-18-5-4-14-25-18/h4-7,14-15H,8-13H2,1-3H3,(H,21,22). The summed E-state index contributed by atoms with van der Waals surface area (Å²) in [6.45, 7) is 9.17. The molecule has 0 radical (unpaired) electrons. The summed E-state index contributed by atoms with van der Waals surface area (Å²) < 4.78 is 5.38. The average Bonchev–Trinajstić information content (AvgIpc) is 3.15. The first-order valence-corrected chi connectivity index (χ1v) is 8.97. The van der Waals surface area contributed by atoms with Gasteiger partial charge >= 0.3 is 0 Å². The molecule has 5 nitrogen and oxygen atoms in total. The third-order valence-corrected chi connectivity index (χ3v) is 4.73. The van der Waals surface area contributed by atoms with Crippen LogP contribution in [0, 0.1) is 13.8 Å². The van der Waals surface area contributed by atoms with E-state index >= 15 is 0 Å². The third-order valence-electron chi connectivity index (χ3n) is 4.73. The Hall–Kier alpha value is -2.43. The Kier molecular flexibility index (Phi) is 5.64. The highest BCUT2D eigenvalue weighted by Gasteiger charge is 2.20. The fraction of sp³-hybridized carbons (Fsp3) is 0.450. The monoisotopic (exact) mass is 340 g/mol. The van der Waals surface area contributed by atoms with Crippen molar-refractivity contribution in [1.29, 1.82) is 0 Å². The Morgan fingerprint density at radius 1 is 1.16 bits per heavy atom. The molecule has 0 amide bonds. The molecular weight excluding hydrogens is 312 g/mol. The number of hydrogen-bond acceptors (Lipinski definition) is 3. The molecule has 0 aliphatic carbocycles. The molecular formula is C20H28N4O. The van der Waals surface area contributed by atoms with E-state index in [2.05, 4.69) is 52.2 Å². The van der Waals surface area contributed by atoms with E-state index in [-0.39, 0.29) is 0 Å². The van der Waals surface area contributed by atoms with Crippen LogP contribution in [-0.2, 0) is 6.42 Å². The number of piperazine rings is 1. The Balaban J connectivity index is 1.52. The number of guanidine groups is 1. The molecule has 1 fully saturated rings. The van der Waals surface area contributed by atoms with E-state index in [4.69, 9.17) is 4.42 Å². The Labute approximate surface area is 150 Å². The summed E-state index contributed by atoms with van der Waals surface area (Å²) >= 11 is 0. The number of aliphatic imine (C=N–C) groups is 1. The first-order chi connectivity index (χ1) is 12.2. The topological polar surface area (TPSA) is 44.0 Å². The van der Waals surface area contributed by atoms with Gasteiger partial charge in [0.1, 0.15) is 5.76 Å². The van der Waals surface area contributed by atoms with Crippen molar-refractivity contribution in [1.82, 2.24) is 10.2 Å². The number of hydrogen-bond donors (Lipinski definition) is 1. The third kappa shape index (κ3) is 4.35. The van der Waals surface area contributed by atoms with E-state index in [1.165, 1.54) is 16.8 Å². The second-order valence-corrected chi connectivity index (χ2v) is 6.57. The zero-order valence-corrected chi connectivity index (χ0v) is 15.5. The summed E-state index contributed by atoms with van der Waals surface area (Å²) in [7, 11) is 1.85. The molecule has 5 heteroatoms. The van der Waals surface area contributed by atoms with Crippen LogP contribution in [0.3, 0.4) is 0 Å². The van der Waals surface area contributed by atoms with Crippen LogP contribution in [0.1, 0.15) is 16.9 Å². The zero-order valence-electron chi connectivity index (χ0n) is 15.5. The maximum absolute atomic E-state index is 5.38. The SMILES string of the molecule is CN=C(NCCc1ccco1)N1CCN(c2cc(C)ccc2C)CC1. The van der Waals surface area contributed by atoms with Crippen LogP contribution in [0.5, 0.6) is 0 Å². The van der Waals surface area contributed by atoms with Gasteiger partial charge in [-0.2, -0.15) is 0 Å². The van der Waals surface area contributed by atoms with Gasteiger partial charge in [-0.05, 0) is 43.2 Å². The van der Waals surface area contributed by atoms with Crippen molar-refractivity contribution in [3.05, 3.63) is 53.5 Å². The Morgan fingerprint density at radius 3 is 2.64 bits per heavy atom. The van der Waals surface area contributed by atoms with Crippen molar-refractivity contribution in [2.24, 2.45) is 4.99 Å². The van der Waals surface area contributed by atoms with Gasteiger partial charge in [0.15, 0.2) is 5.96 Å². The van der Waals surface area contributed by atoms with Crippen molar-refractivity contribution < 1.29 is 4.42 Å². The predicted octanol–water partition coefficient (Wildman–Crippen LogP) is 2.84. The van der Waals surface area contributed by atoms with Crippen molar-refractivity contribution in [2.75, 3.05) is 44.7 Å². The highest BCUT2D eigenvalue weighted by molar-refractivity contribution is 5.80. The van der Waals surface area contributed by atoms with Gasteiger partial charge in [-0.3, -0.25) is 4.99 Å². The number of benzene rings is 1. The minimum Gasteiger partial charge on any atom is -0.469 e. The molecule has 134 valence electrons. The molecule has 0 saturated carbocycles. The Bertz CT molecular complexity index is 700. The number of anilines is 1. The number of nitrogens with one attached hydrogen (secondary N) is 1. The number of rotatable bonds is 4. The lowest BCUT2D eigenvalue weighted by molar-refractivity contribution is 0.372. The molecule has 1 saturated heterocycles.